The van der Waals surface area contributed by atoms with E-state index in [2.05, 4.69) is 28.4 Å². The Balaban J connectivity index is 1.60. The summed E-state index contributed by atoms with van der Waals surface area (Å²) in [6, 6.07) is 7.72. The van der Waals surface area contributed by atoms with Gasteiger partial charge in [0.05, 0.1) is 0 Å². The summed E-state index contributed by atoms with van der Waals surface area (Å²) < 4.78 is 0. The maximum Gasteiger partial charge on any atom is 0.0402 e. The minimum atomic E-state index is 0.744. The Morgan fingerprint density at radius 1 is 1.11 bits per heavy atom. The average molecular weight is 256 g/mol. The van der Waals surface area contributed by atoms with Gasteiger partial charge in [-0.3, -0.25) is 0 Å². The molecule has 2 nitrogen and oxygen atoms in total. The number of anilines is 1. The second-order valence-corrected chi connectivity index (χ2v) is 6.47. The van der Waals surface area contributed by atoms with E-state index < -0.39 is 0 Å². The van der Waals surface area contributed by atoms with E-state index in [0.29, 0.717) is 0 Å². The van der Waals surface area contributed by atoms with E-state index in [0.717, 1.165) is 18.5 Å². The highest BCUT2D eigenvalue weighted by molar-refractivity contribution is 5.58. The average Bonchev–Trinajstić information content (AvgIpc) is 3.31. The van der Waals surface area contributed by atoms with Crippen molar-refractivity contribution in [2.45, 2.75) is 44.6 Å². The van der Waals surface area contributed by atoms with Crippen molar-refractivity contribution in [2.75, 3.05) is 24.5 Å². The lowest BCUT2D eigenvalue weighted by atomic mass is 9.90. The van der Waals surface area contributed by atoms with E-state index >= 15 is 0 Å². The number of rotatable bonds is 2. The number of fused-ring (bicyclic) bond motifs is 1. The first-order valence-electron chi connectivity index (χ1n) is 8.01. The van der Waals surface area contributed by atoms with Crippen LogP contribution >= 0.6 is 0 Å². The minimum Gasteiger partial charge on any atom is -0.368 e. The zero-order valence-electron chi connectivity index (χ0n) is 11.7. The Morgan fingerprint density at radius 2 is 2.00 bits per heavy atom. The van der Waals surface area contributed by atoms with Crippen molar-refractivity contribution in [3.8, 4) is 0 Å². The molecule has 19 heavy (non-hydrogen) atoms. The fraction of sp³-hybridized carbons (Fsp3) is 0.647. The zero-order valence-corrected chi connectivity index (χ0v) is 11.7. The summed E-state index contributed by atoms with van der Waals surface area (Å²) in [5.74, 6) is 0.960. The molecule has 1 heterocycles. The lowest BCUT2D eigenvalue weighted by Gasteiger charge is -2.37. The van der Waals surface area contributed by atoms with Crippen LogP contribution in [-0.2, 0) is 12.8 Å². The Morgan fingerprint density at radius 3 is 2.89 bits per heavy atom. The van der Waals surface area contributed by atoms with Gasteiger partial charge in [-0.25, -0.2) is 0 Å². The summed E-state index contributed by atoms with van der Waals surface area (Å²) >= 11 is 0. The van der Waals surface area contributed by atoms with Gasteiger partial charge in [-0.1, -0.05) is 12.1 Å². The first-order valence-corrected chi connectivity index (χ1v) is 8.01. The summed E-state index contributed by atoms with van der Waals surface area (Å²) in [4.78, 5) is 2.66. The molecule has 1 aromatic rings. The lowest BCUT2D eigenvalue weighted by molar-refractivity contribution is 0.418. The number of nitrogens with zero attached hydrogens (tertiary/aromatic N) is 1. The molecule has 0 aromatic heterocycles. The molecular weight excluding hydrogens is 232 g/mol. The summed E-state index contributed by atoms with van der Waals surface area (Å²) in [7, 11) is 0. The maximum atomic E-state index is 3.72. The van der Waals surface area contributed by atoms with Gasteiger partial charge in [-0.05, 0) is 61.6 Å². The molecule has 3 aliphatic rings. The molecule has 2 heteroatoms. The van der Waals surface area contributed by atoms with Crippen LogP contribution in [0.3, 0.4) is 0 Å². The van der Waals surface area contributed by atoms with E-state index in [4.69, 9.17) is 0 Å². The minimum absolute atomic E-state index is 0.744. The maximum absolute atomic E-state index is 3.72. The van der Waals surface area contributed by atoms with Gasteiger partial charge in [0.15, 0.2) is 0 Å². The largest absolute Gasteiger partial charge is 0.368 e. The first-order chi connectivity index (χ1) is 9.42. The van der Waals surface area contributed by atoms with Crippen molar-refractivity contribution in [2.24, 2.45) is 5.92 Å². The molecule has 2 fully saturated rings. The molecule has 0 spiro atoms. The van der Waals surface area contributed by atoms with Crippen molar-refractivity contribution in [1.29, 1.82) is 0 Å². The second-order valence-electron chi connectivity index (χ2n) is 6.47. The van der Waals surface area contributed by atoms with Crippen molar-refractivity contribution >= 4 is 5.69 Å². The molecule has 2 aliphatic carbocycles. The predicted molar refractivity (Wildman–Crippen MR) is 79.8 cm³/mol. The SMILES string of the molecule is c1cc2c(c(N3CCNC(C4CC4)C3)c1)CCCC2. The van der Waals surface area contributed by atoms with Gasteiger partial charge in [0, 0.05) is 31.4 Å². The van der Waals surface area contributed by atoms with Crippen LogP contribution in [0.15, 0.2) is 18.2 Å². The van der Waals surface area contributed by atoms with Gasteiger partial charge in [0.2, 0.25) is 0 Å². The quantitative estimate of drug-likeness (QED) is 0.875. The molecule has 4 rings (SSSR count). The molecular formula is C17H24N2. The molecule has 1 unspecified atom stereocenters. The Kier molecular flexibility index (Phi) is 2.99. The predicted octanol–water partition coefficient (Wildman–Crippen LogP) is 2.75. The van der Waals surface area contributed by atoms with Crippen molar-refractivity contribution < 1.29 is 0 Å². The van der Waals surface area contributed by atoms with Gasteiger partial charge in [-0.2, -0.15) is 0 Å². The fourth-order valence-corrected chi connectivity index (χ4v) is 3.87. The molecule has 0 radical (unpaired) electrons. The highest BCUT2D eigenvalue weighted by atomic mass is 15.2. The van der Waals surface area contributed by atoms with Crippen molar-refractivity contribution in [3.63, 3.8) is 0 Å². The number of hydrogen-bond donors (Lipinski definition) is 1. The van der Waals surface area contributed by atoms with Gasteiger partial charge < -0.3 is 10.2 Å². The van der Waals surface area contributed by atoms with E-state index in [1.54, 1.807) is 16.8 Å². The van der Waals surface area contributed by atoms with Crippen LogP contribution in [0.1, 0.15) is 36.8 Å². The van der Waals surface area contributed by atoms with Crippen LogP contribution in [0.2, 0.25) is 0 Å². The van der Waals surface area contributed by atoms with Crippen molar-refractivity contribution in [1.82, 2.24) is 5.32 Å². The van der Waals surface area contributed by atoms with Gasteiger partial charge >= 0.3 is 0 Å². The summed E-state index contributed by atoms with van der Waals surface area (Å²) in [6.45, 7) is 3.56. The smallest absolute Gasteiger partial charge is 0.0402 e. The summed E-state index contributed by atoms with van der Waals surface area (Å²) in [5.41, 5.74) is 4.82. The van der Waals surface area contributed by atoms with E-state index in [1.165, 1.54) is 51.6 Å². The molecule has 102 valence electrons. The van der Waals surface area contributed by atoms with Crippen LogP contribution in [0.4, 0.5) is 5.69 Å². The normalized spacial score (nSPS) is 27.2. The fourth-order valence-electron chi connectivity index (χ4n) is 3.87. The zero-order chi connectivity index (χ0) is 12.7. The third-order valence-electron chi connectivity index (χ3n) is 5.11. The third-order valence-corrected chi connectivity index (χ3v) is 5.11. The topological polar surface area (TPSA) is 15.3 Å². The molecule has 1 N–H and O–H groups in total. The number of benzene rings is 1. The van der Waals surface area contributed by atoms with Crippen LogP contribution < -0.4 is 10.2 Å². The molecule has 0 bridgehead atoms. The molecule has 1 saturated heterocycles. The number of nitrogens with one attached hydrogen (secondary N) is 1. The first kappa shape index (κ1) is 11.8. The van der Waals surface area contributed by atoms with Crippen molar-refractivity contribution in [3.05, 3.63) is 29.3 Å². The highest BCUT2D eigenvalue weighted by Gasteiger charge is 2.34. The Bertz CT molecular complexity index is 464. The molecule has 1 saturated carbocycles. The molecule has 1 aliphatic heterocycles. The van der Waals surface area contributed by atoms with Gasteiger partial charge in [0.1, 0.15) is 0 Å². The monoisotopic (exact) mass is 256 g/mol. The van der Waals surface area contributed by atoms with Crippen LogP contribution in [-0.4, -0.2) is 25.7 Å². The second kappa shape index (κ2) is 4.82. The molecule has 1 atom stereocenters. The van der Waals surface area contributed by atoms with E-state index in [-0.39, 0.29) is 0 Å². The highest BCUT2D eigenvalue weighted by Crippen LogP contribution is 2.36. The molecule has 0 amide bonds. The third kappa shape index (κ3) is 2.27. The Labute approximate surface area is 116 Å². The van der Waals surface area contributed by atoms with Crippen LogP contribution in [0.25, 0.3) is 0 Å². The summed E-state index contributed by atoms with van der Waals surface area (Å²) in [5, 5.41) is 3.72. The number of piperazine rings is 1. The van der Waals surface area contributed by atoms with E-state index in [1.807, 2.05) is 0 Å². The van der Waals surface area contributed by atoms with Gasteiger partial charge in [0.25, 0.3) is 0 Å². The standard InChI is InChI=1S/C17H24N2/c1-2-6-15-13(4-1)5-3-7-17(15)19-11-10-18-16(12-19)14-8-9-14/h3,5,7,14,16,18H,1-2,4,6,8-12H2. The van der Waals surface area contributed by atoms with Gasteiger partial charge in [-0.15, -0.1) is 0 Å². The van der Waals surface area contributed by atoms with E-state index in [9.17, 15) is 0 Å². The lowest BCUT2D eigenvalue weighted by Crippen LogP contribution is -2.52. The molecule has 1 aromatic carbocycles. The Hall–Kier alpha value is -1.02. The number of hydrogen-bond acceptors (Lipinski definition) is 2. The number of aryl methyl sites for hydroxylation is 1. The van der Waals surface area contributed by atoms with Crippen LogP contribution in [0, 0.1) is 5.92 Å². The van der Waals surface area contributed by atoms with Crippen LogP contribution in [0.5, 0.6) is 0 Å². The summed E-state index contributed by atoms with van der Waals surface area (Å²) in [6.07, 6.45) is 8.23.